The first-order chi connectivity index (χ1) is 14.8. The van der Waals surface area contributed by atoms with Crippen molar-refractivity contribution in [2.75, 3.05) is 66.6 Å². The highest BCUT2D eigenvalue weighted by molar-refractivity contribution is 5.85. The van der Waals surface area contributed by atoms with Crippen LogP contribution in [0.1, 0.15) is 32.4 Å². The van der Waals surface area contributed by atoms with Gasteiger partial charge in [-0.25, -0.2) is 4.99 Å². The molecular weight excluding hydrogens is 394 g/mol. The van der Waals surface area contributed by atoms with Crippen molar-refractivity contribution in [3.8, 4) is 5.75 Å². The average Bonchev–Trinajstić information content (AvgIpc) is 2.76. The molecule has 1 atom stereocenters. The van der Waals surface area contributed by atoms with Gasteiger partial charge in [0.05, 0.1) is 25.9 Å². The summed E-state index contributed by atoms with van der Waals surface area (Å²) in [5.74, 6) is 1.97. The van der Waals surface area contributed by atoms with Crippen molar-refractivity contribution in [1.82, 2.24) is 20.4 Å². The van der Waals surface area contributed by atoms with E-state index in [1.807, 2.05) is 12.1 Å². The van der Waals surface area contributed by atoms with Crippen molar-refractivity contribution < 1.29 is 14.3 Å². The summed E-state index contributed by atoms with van der Waals surface area (Å²) in [5, 5.41) is 6.79. The van der Waals surface area contributed by atoms with E-state index in [0.717, 1.165) is 50.7 Å². The van der Waals surface area contributed by atoms with Crippen LogP contribution in [-0.4, -0.2) is 88.3 Å². The van der Waals surface area contributed by atoms with Gasteiger partial charge in [-0.05, 0) is 30.5 Å². The van der Waals surface area contributed by atoms with Crippen molar-refractivity contribution in [1.29, 1.82) is 0 Å². The predicted molar refractivity (Wildman–Crippen MR) is 125 cm³/mol. The first-order valence-electron chi connectivity index (χ1n) is 11.1. The number of likely N-dealkylation sites (N-methyl/N-ethyl adjacent to an activating group) is 1. The van der Waals surface area contributed by atoms with Crippen LogP contribution in [-0.2, 0) is 9.53 Å². The molecule has 0 spiro atoms. The number of guanidine groups is 1. The lowest BCUT2D eigenvalue weighted by atomic mass is 10.1. The standard InChI is InChI=1S/C23H39N5O3/c1-18(2)17-31-21-8-6-20(7-9-21)19(3)26-23(25-16-22(29)27(4)5)24-10-11-28-12-14-30-15-13-28/h6-9,18-19H,10-17H2,1-5H3,(H2,24,25,26). The molecular formula is C23H39N5O3. The van der Waals surface area contributed by atoms with E-state index in [-0.39, 0.29) is 18.5 Å². The number of ether oxygens (including phenoxy) is 2. The van der Waals surface area contributed by atoms with E-state index >= 15 is 0 Å². The molecule has 1 aliphatic rings. The molecule has 31 heavy (non-hydrogen) atoms. The van der Waals surface area contributed by atoms with Crippen molar-refractivity contribution in [2.24, 2.45) is 10.9 Å². The van der Waals surface area contributed by atoms with E-state index in [1.54, 1.807) is 19.0 Å². The molecule has 1 aliphatic heterocycles. The zero-order valence-electron chi connectivity index (χ0n) is 19.7. The van der Waals surface area contributed by atoms with Gasteiger partial charge >= 0.3 is 0 Å². The minimum atomic E-state index is -0.0337. The SMILES string of the molecule is CC(C)COc1ccc(C(C)NC(=NCC(=O)N(C)C)NCCN2CCOCC2)cc1. The van der Waals surface area contributed by atoms with Gasteiger partial charge in [0.15, 0.2) is 5.96 Å². The zero-order chi connectivity index (χ0) is 22.6. The maximum absolute atomic E-state index is 12.0. The minimum absolute atomic E-state index is 0.0308. The Labute approximate surface area is 187 Å². The van der Waals surface area contributed by atoms with Gasteiger partial charge in [0.2, 0.25) is 5.91 Å². The second-order valence-corrected chi connectivity index (χ2v) is 8.47. The van der Waals surface area contributed by atoms with Crippen LogP contribution in [0.5, 0.6) is 5.75 Å². The molecule has 2 rings (SSSR count). The lowest BCUT2D eigenvalue weighted by Gasteiger charge is -2.27. The minimum Gasteiger partial charge on any atom is -0.493 e. The van der Waals surface area contributed by atoms with E-state index in [0.29, 0.717) is 18.5 Å². The fourth-order valence-corrected chi connectivity index (χ4v) is 3.00. The van der Waals surface area contributed by atoms with E-state index < -0.39 is 0 Å². The quantitative estimate of drug-likeness (QED) is 0.432. The molecule has 8 heteroatoms. The van der Waals surface area contributed by atoms with E-state index in [1.165, 1.54) is 0 Å². The molecule has 1 aromatic carbocycles. The topological polar surface area (TPSA) is 78.4 Å². The monoisotopic (exact) mass is 433 g/mol. The van der Waals surface area contributed by atoms with Gasteiger partial charge in [-0.2, -0.15) is 0 Å². The summed E-state index contributed by atoms with van der Waals surface area (Å²) in [7, 11) is 3.48. The van der Waals surface area contributed by atoms with E-state index in [4.69, 9.17) is 9.47 Å². The Balaban J connectivity index is 1.94. The third-order valence-corrected chi connectivity index (χ3v) is 5.01. The molecule has 1 fully saturated rings. The molecule has 0 radical (unpaired) electrons. The Morgan fingerprint density at radius 2 is 1.87 bits per heavy atom. The van der Waals surface area contributed by atoms with Crippen LogP contribution in [0, 0.1) is 5.92 Å². The molecule has 2 N–H and O–H groups in total. The summed E-state index contributed by atoms with van der Waals surface area (Å²) in [5.41, 5.74) is 1.12. The van der Waals surface area contributed by atoms with Gasteiger partial charge < -0.3 is 25.0 Å². The number of morpholine rings is 1. The maximum atomic E-state index is 12.0. The number of aliphatic imine (C=N–C) groups is 1. The van der Waals surface area contributed by atoms with Crippen LogP contribution >= 0.6 is 0 Å². The molecule has 1 unspecified atom stereocenters. The summed E-state index contributed by atoms with van der Waals surface area (Å²) in [4.78, 5) is 20.4. The number of nitrogens with one attached hydrogen (secondary N) is 2. The fraction of sp³-hybridized carbons (Fsp3) is 0.652. The smallest absolute Gasteiger partial charge is 0.243 e. The van der Waals surface area contributed by atoms with E-state index in [9.17, 15) is 4.79 Å². The average molecular weight is 434 g/mol. The highest BCUT2D eigenvalue weighted by Crippen LogP contribution is 2.18. The zero-order valence-corrected chi connectivity index (χ0v) is 19.7. The van der Waals surface area contributed by atoms with Crippen molar-refractivity contribution in [3.63, 3.8) is 0 Å². The molecule has 0 aromatic heterocycles. The number of nitrogens with zero attached hydrogens (tertiary/aromatic N) is 3. The Morgan fingerprint density at radius 3 is 2.48 bits per heavy atom. The van der Waals surface area contributed by atoms with Crippen LogP contribution in [0.3, 0.4) is 0 Å². The first-order valence-corrected chi connectivity index (χ1v) is 11.1. The molecule has 1 aromatic rings. The first kappa shape index (κ1) is 24.9. The molecule has 0 saturated carbocycles. The highest BCUT2D eigenvalue weighted by Gasteiger charge is 2.12. The largest absolute Gasteiger partial charge is 0.493 e. The lowest BCUT2D eigenvalue weighted by molar-refractivity contribution is -0.127. The Hall–Kier alpha value is -2.32. The van der Waals surface area contributed by atoms with Gasteiger partial charge in [0.25, 0.3) is 0 Å². The normalized spacial score (nSPS) is 16.1. The van der Waals surface area contributed by atoms with Gasteiger partial charge in [-0.3, -0.25) is 9.69 Å². The third-order valence-electron chi connectivity index (χ3n) is 5.01. The molecule has 1 saturated heterocycles. The lowest BCUT2D eigenvalue weighted by Crippen LogP contribution is -2.45. The summed E-state index contributed by atoms with van der Waals surface area (Å²) < 4.78 is 11.2. The Kier molecular flexibility index (Phi) is 10.6. The molecule has 1 amide bonds. The number of carbonyl (C=O) groups is 1. The van der Waals surface area contributed by atoms with Crippen LogP contribution < -0.4 is 15.4 Å². The molecule has 1 heterocycles. The molecule has 174 valence electrons. The molecule has 0 aliphatic carbocycles. The number of carbonyl (C=O) groups excluding carboxylic acids is 1. The van der Waals surface area contributed by atoms with Crippen LogP contribution in [0.4, 0.5) is 0 Å². The summed E-state index contributed by atoms with van der Waals surface area (Å²) in [6.45, 7) is 12.3. The van der Waals surface area contributed by atoms with Gasteiger partial charge in [0, 0.05) is 40.3 Å². The van der Waals surface area contributed by atoms with Crippen molar-refractivity contribution in [3.05, 3.63) is 29.8 Å². The van der Waals surface area contributed by atoms with Gasteiger partial charge in [-0.15, -0.1) is 0 Å². The van der Waals surface area contributed by atoms with Gasteiger partial charge in [-0.1, -0.05) is 26.0 Å². The van der Waals surface area contributed by atoms with Crippen LogP contribution in [0.25, 0.3) is 0 Å². The van der Waals surface area contributed by atoms with Crippen LogP contribution in [0.15, 0.2) is 29.3 Å². The fourth-order valence-electron chi connectivity index (χ4n) is 3.00. The van der Waals surface area contributed by atoms with Crippen molar-refractivity contribution in [2.45, 2.75) is 26.8 Å². The summed E-state index contributed by atoms with van der Waals surface area (Å²) in [6.07, 6.45) is 0. The molecule has 0 bridgehead atoms. The number of rotatable bonds is 10. The third kappa shape index (κ3) is 9.57. The summed E-state index contributed by atoms with van der Waals surface area (Å²) in [6, 6.07) is 8.14. The number of amides is 1. The van der Waals surface area contributed by atoms with Crippen LogP contribution in [0.2, 0.25) is 0 Å². The van der Waals surface area contributed by atoms with Gasteiger partial charge in [0.1, 0.15) is 12.3 Å². The number of benzene rings is 1. The number of hydrogen-bond acceptors (Lipinski definition) is 5. The second kappa shape index (κ2) is 13.2. The summed E-state index contributed by atoms with van der Waals surface area (Å²) >= 11 is 0. The highest BCUT2D eigenvalue weighted by atomic mass is 16.5. The van der Waals surface area contributed by atoms with Crippen molar-refractivity contribution >= 4 is 11.9 Å². The second-order valence-electron chi connectivity index (χ2n) is 8.47. The Morgan fingerprint density at radius 1 is 1.19 bits per heavy atom. The maximum Gasteiger partial charge on any atom is 0.243 e. The Bertz CT molecular complexity index is 685. The number of hydrogen-bond donors (Lipinski definition) is 2. The predicted octanol–water partition coefficient (Wildman–Crippen LogP) is 1.74. The van der Waals surface area contributed by atoms with E-state index in [2.05, 4.69) is 53.4 Å². The molecule has 8 nitrogen and oxygen atoms in total.